The number of aromatic nitrogens is 6. The van der Waals surface area contributed by atoms with Crippen molar-refractivity contribution in [1.82, 2.24) is 29.8 Å². The summed E-state index contributed by atoms with van der Waals surface area (Å²) in [5.74, 6) is 1.66. The Bertz CT molecular complexity index is 1140. The number of imidazole rings is 1. The van der Waals surface area contributed by atoms with Gasteiger partial charge in [0.1, 0.15) is 22.8 Å². The first-order valence-electron chi connectivity index (χ1n) is 8.82. The first-order valence-corrected chi connectivity index (χ1v) is 9.80. The normalized spacial score (nSPS) is 11.3. The Morgan fingerprint density at radius 2 is 2.07 bits per heavy atom. The minimum atomic E-state index is -0.315. The van der Waals surface area contributed by atoms with Crippen LogP contribution in [-0.2, 0) is 12.3 Å². The summed E-state index contributed by atoms with van der Waals surface area (Å²) in [7, 11) is 1.61. The van der Waals surface area contributed by atoms with E-state index in [0.717, 1.165) is 22.6 Å². The van der Waals surface area contributed by atoms with Crippen LogP contribution in [0.5, 0.6) is 5.75 Å². The number of benzene rings is 2. The van der Waals surface area contributed by atoms with E-state index in [2.05, 4.69) is 20.5 Å². The number of thioether (sulfide) groups is 1. The van der Waals surface area contributed by atoms with Gasteiger partial charge in [-0.25, -0.2) is 9.37 Å². The SMILES string of the molecule is CCn1c(CSc2nnnn2-c2cc(C)ccc2OC)nc2c(F)cccc21. The zero-order chi connectivity index (χ0) is 19.7. The monoisotopic (exact) mass is 398 g/mol. The minimum Gasteiger partial charge on any atom is -0.494 e. The Morgan fingerprint density at radius 3 is 2.86 bits per heavy atom. The van der Waals surface area contributed by atoms with E-state index in [0.29, 0.717) is 28.7 Å². The molecule has 0 spiro atoms. The van der Waals surface area contributed by atoms with E-state index in [1.165, 1.54) is 17.8 Å². The molecule has 0 atom stereocenters. The van der Waals surface area contributed by atoms with Crippen LogP contribution in [0.1, 0.15) is 18.3 Å². The van der Waals surface area contributed by atoms with Crippen molar-refractivity contribution in [2.24, 2.45) is 0 Å². The summed E-state index contributed by atoms with van der Waals surface area (Å²) >= 11 is 1.44. The summed E-state index contributed by atoms with van der Waals surface area (Å²) in [5.41, 5.74) is 3.02. The number of fused-ring (bicyclic) bond motifs is 1. The number of halogens is 1. The number of hydrogen-bond acceptors (Lipinski definition) is 6. The average molecular weight is 398 g/mol. The van der Waals surface area contributed by atoms with Gasteiger partial charge in [0.2, 0.25) is 5.16 Å². The van der Waals surface area contributed by atoms with Crippen LogP contribution in [0.4, 0.5) is 4.39 Å². The van der Waals surface area contributed by atoms with Crippen LogP contribution in [0.25, 0.3) is 16.7 Å². The highest BCUT2D eigenvalue weighted by atomic mass is 32.2. The van der Waals surface area contributed by atoms with Crippen LogP contribution in [0.3, 0.4) is 0 Å². The lowest BCUT2D eigenvalue weighted by atomic mass is 10.2. The third-order valence-electron chi connectivity index (χ3n) is 4.46. The van der Waals surface area contributed by atoms with Gasteiger partial charge in [0.15, 0.2) is 5.82 Å². The van der Waals surface area contributed by atoms with E-state index in [4.69, 9.17) is 4.74 Å². The standard InChI is InChI=1S/C19H19FN6OS/c1-4-25-14-7-5-6-13(20)18(14)21-17(25)11-28-19-22-23-24-26(19)15-10-12(2)8-9-16(15)27-3/h5-10H,4,11H2,1-3H3. The highest BCUT2D eigenvalue weighted by Gasteiger charge is 2.17. The molecule has 0 aliphatic rings. The van der Waals surface area contributed by atoms with Gasteiger partial charge in [-0.15, -0.1) is 5.10 Å². The summed E-state index contributed by atoms with van der Waals surface area (Å²) in [5, 5.41) is 12.7. The molecule has 0 saturated carbocycles. The fraction of sp³-hybridized carbons (Fsp3) is 0.263. The van der Waals surface area contributed by atoms with Crippen molar-refractivity contribution in [3.8, 4) is 11.4 Å². The van der Waals surface area contributed by atoms with E-state index < -0.39 is 0 Å². The van der Waals surface area contributed by atoms with Gasteiger partial charge >= 0.3 is 0 Å². The number of methoxy groups -OCH3 is 1. The predicted molar refractivity (Wildman–Crippen MR) is 105 cm³/mol. The molecular formula is C19H19FN6OS. The molecule has 2 heterocycles. The van der Waals surface area contributed by atoms with Crippen molar-refractivity contribution in [2.75, 3.05) is 7.11 Å². The zero-order valence-corrected chi connectivity index (χ0v) is 16.6. The van der Waals surface area contributed by atoms with Crippen LogP contribution >= 0.6 is 11.8 Å². The van der Waals surface area contributed by atoms with Gasteiger partial charge in [-0.05, 0) is 54.1 Å². The Labute approximate surface area is 165 Å². The molecule has 4 aromatic rings. The first-order chi connectivity index (χ1) is 13.6. The van der Waals surface area contributed by atoms with Gasteiger partial charge in [-0.2, -0.15) is 4.68 Å². The van der Waals surface area contributed by atoms with Gasteiger partial charge in [0, 0.05) is 6.54 Å². The molecule has 0 bridgehead atoms. The third-order valence-corrected chi connectivity index (χ3v) is 5.37. The highest BCUT2D eigenvalue weighted by molar-refractivity contribution is 7.98. The van der Waals surface area contributed by atoms with Crippen LogP contribution in [0, 0.1) is 12.7 Å². The number of hydrogen-bond donors (Lipinski definition) is 0. The Balaban J connectivity index is 1.67. The van der Waals surface area contributed by atoms with Gasteiger partial charge in [-0.3, -0.25) is 0 Å². The number of aryl methyl sites for hydroxylation is 2. The Morgan fingerprint density at radius 1 is 1.21 bits per heavy atom. The maximum Gasteiger partial charge on any atom is 0.214 e. The first kappa shape index (κ1) is 18.4. The summed E-state index contributed by atoms with van der Waals surface area (Å²) in [6, 6.07) is 10.8. The molecule has 0 unspecified atom stereocenters. The smallest absolute Gasteiger partial charge is 0.214 e. The van der Waals surface area contributed by atoms with Gasteiger partial charge in [0.05, 0.1) is 18.4 Å². The lowest BCUT2D eigenvalue weighted by molar-refractivity contribution is 0.410. The second-order valence-electron chi connectivity index (χ2n) is 6.22. The van der Waals surface area contributed by atoms with E-state index in [1.807, 2.05) is 42.7 Å². The second kappa shape index (κ2) is 7.59. The summed E-state index contributed by atoms with van der Waals surface area (Å²) in [6.45, 7) is 4.71. The van der Waals surface area contributed by atoms with Crippen molar-refractivity contribution in [2.45, 2.75) is 31.3 Å². The molecule has 0 fully saturated rings. The van der Waals surface area contributed by atoms with Crippen molar-refractivity contribution < 1.29 is 9.13 Å². The fourth-order valence-electron chi connectivity index (χ4n) is 3.14. The number of nitrogens with zero attached hydrogens (tertiary/aromatic N) is 6. The zero-order valence-electron chi connectivity index (χ0n) is 15.8. The molecule has 7 nitrogen and oxygen atoms in total. The highest BCUT2D eigenvalue weighted by Crippen LogP contribution is 2.29. The molecule has 2 aromatic carbocycles. The molecule has 0 amide bonds. The topological polar surface area (TPSA) is 70.7 Å². The van der Waals surface area contributed by atoms with Gasteiger partial charge in [0.25, 0.3) is 0 Å². The number of para-hydroxylation sites is 1. The van der Waals surface area contributed by atoms with Gasteiger partial charge < -0.3 is 9.30 Å². The van der Waals surface area contributed by atoms with Crippen molar-refractivity contribution in [3.63, 3.8) is 0 Å². The maximum atomic E-state index is 14.1. The van der Waals surface area contributed by atoms with E-state index in [9.17, 15) is 4.39 Å². The van der Waals surface area contributed by atoms with Crippen molar-refractivity contribution in [3.05, 3.63) is 53.6 Å². The molecule has 0 N–H and O–H groups in total. The van der Waals surface area contributed by atoms with Gasteiger partial charge in [-0.1, -0.05) is 23.9 Å². The maximum absolute atomic E-state index is 14.1. The number of ether oxygens (including phenoxy) is 1. The molecule has 0 saturated heterocycles. The summed E-state index contributed by atoms with van der Waals surface area (Å²) < 4.78 is 23.2. The predicted octanol–water partition coefficient (Wildman–Crippen LogP) is 3.78. The minimum absolute atomic E-state index is 0.315. The molecule has 0 aliphatic heterocycles. The molecular weight excluding hydrogens is 379 g/mol. The molecule has 28 heavy (non-hydrogen) atoms. The molecule has 144 valence electrons. The lowest BCUT2D eigenvalue weighted by Crippen LogP contribution is -2.04. The van der Waals surface area contributed by atoms with E-state index in [1.54, 1.807) is 17.9 Å². The lowest BCUT2D eigenvalue weighted by Gasteiger charge is -2.10. The summed E-state index contributed by atoms with van der Waals surface area (Å²) in [4.78, 5) is 4.50. The third kappa shape index (κ3) is 3.22. The fourth-order valence-corrected chi connectivity index (χ4v) is 3.97. The average Bonchev–Trinajstić information content (AvgIpc) is 3.31. The quantitative estimate of drug-likeness (QED) is 0.460. The molecule has 9 heteroatoms. The molecule has 4 rings (SSSR count). The van der Waals surface area contributed by atoms with E-state index in [-0.39, 0.29) is 5.82 Å². The molecule has 0 aliphatic carbocycles. The van der Waals surface area contributed by atoms with E-state index >= 15 is 0 Å². The second-order valence-corrected chi connectivity index (χ2v) is 7.16. The van der Waals surface area contributed by atoms with Crippen LogP contribution in [-0.4, -0.2) is 36.9 Å². The van der Waals surface area contributed by atoms with Crippen LogP contribution < -0.4 is 4.74 Å². The van der Waals surface area contributed by atoms with Crippen molar-refractivity contribution in [1.29, 1.82) is 0 Å². The molecule has 2 aromatic heterocycles. The Kier molecular flexibility index (Phi) is 4.99. The van der Waals surface area contributed by atoms with Crippen LogP contribution in [0.2, 0.25) is 0 Å². The van der Waals surface area contributed by atoms with Crippen molar-refractivity contribution >= 4 is 22.8 Å². The largest absolute Gasteiger partial charge is 0.494 e. The number of tetrazole rings is 1. The number of rotatable bonds is 6. The summed E-state index contributed by atoms with van der Waals surface area (Å²) in [6.07, 6.45) is 0. The molecule has 0 radical (unpaired) electrons. The van der Waals surface area contributed by atoms with Crippen LogP contribution in [0.15, 0.2) is 41.6 Å². The Hall–Kier alpha value is -2.94.